The number of nitrogens with two attached hydrogens (primary N) is 4. The number of fused-ring (bicyclic) bond motifs is 1. The van der Waals surface area contributed by atoms with Gasteiger partial charge < -0.3 is 125 Å². The Bertz CT molecular complexity index is 4540. The van der Waals surface area contributed by atoms with E-state index < -0.39 is 240 Å². The van der Waals surface area contributed by atoms with E-state index in [2.05, 4.69) is 79.9 Å². The van der Waals surface area contributed by atoms with Gasteiger partial charge in [0.25, 0.3) is 0 Å². The third-order valence-corrected chi connectivity index (χ3v) is 20.2. The summed E-state index contributed by atoms with van der Waals surface area (Å²) in [6, 6.07) is -6.42. The number of carboxylic acids is 1. The van der Waals surface area contributed by atoms with Gasteiger partial charge in [-0.2, -0.15) is 0 Å². The van der Waals surface area contributed by atoms with Crippen LogP contribution in [0.25, 0.3) is 10.9 Å². The molecule has 3 aromatic rings. The van der Waals surface area contributed by atoms with Crippen molar-refractivity contribution >= 4 is 123 Å². The van der Waals surface area contributed by atoms with E-state index in [1.54, 1.807) is 130 Å². The van der Waals surface area contributed by atoms with Gasteiger partial charge in [0.05, 0.1) is 25.8 Å². The Morgan fingerprint density at radius 2 is 0.698 bits per heavy atom. The highest BCUT2D eigenvalue weighted by atomic mass is 16.4. The molecule has 0 saturated heterocycles. The maximum atomic E-state index is 12.3. The van der Waals surface area contributed by atoms with Crippen molar-refractivity contribution in [2.24, 2.45) is 127 Å². The summed E-state index contributed by atoms with van der Waals surface area (Å²) < 4.78 is 0. The fraction of sp³-hybridized carbons (Fsp3) is 0.616. The first kappa shape index (κ1) is 111. The molecule has 0 unspecified atom stereocenters. The molecule has 0 fully saturated rings. The van der Waals surface area contributed by atoms with Crippen LogP contribution in [0.3, 0.4) is 0 Å². The number of hydrogen-bond acceptors (Lipinski definition) is 23. The standard InChI is InChI=1S/C86H139N23O20/c1-13-48(10)71(109-85(128)69(46(6)7)107-67(112)42-90)86(129)106-64(41-68(113)114)78(121)96-49(11)73(116)95-50(12)74(117)97-55(29-19-22-32-87)75(118)98-56(30-20-23-33-88)76(119)102-61(38-52-43-94-54-28-18-17-27-53(52)54)81(124)104-63(40-66(92)111)83(126)108-70(47(8)9)84(127)105-60(36-45(4)5)79(122)99-57(31-21-24-34-89)77(120)103-62(39-65(91)110)82(125)101-59(35-44(2)3)80(123)100-58(72(93)115)37-51-25-15-14-16-26-51/h14-18,25-28,43-50,55-64,69-71,94H,13,19-24,29-42,87-90H2,1-12H3,(H2,91,110)(H2,92,111)(H2,93,115)(H,95,116)(H,96,121)(H,97,117)(H,98,118)(H,99,122)(H,100,123)(H,101,125)(H,102,119)(H,103,120)(H,104,124)(H,105,127)(H,106,129)(H,107,112)(H,108,126)(H,109,128)(H,113,114)/t48-,49-,50-,55-,56-,57-,58-,59-,60-,61-,62-,63-,64-,69-,70-,71-/m0/s1. The molecule has 31 N–H and O–H groups in total. The summed E-state index contributed by atoms with van der Waals surface area (Å²) in [4.78, 5) is 79.2. The number of aliphatic carboxylic acids is 1. The molecule has 16 atom stereocenters. The average molecular weight is 1820 g/mol. The topological polar surface area (TPSA) is 778 Å². The lowest BCUT2D eigenvalue weighted by Gasteiger charge is -2.22. The predicted molar refractivity (Wildman–Crippen MR) is 510 cm³/mol. The average Bonchev–Trinajstić information content (AvgIpc) is 1.67. The Balaban J connectivity index is 2.28. The second-order valence-corrected chi connectivity index (χ2v) is 32.9. The molecule has 129 heavy (non-hydrogen) atoms. The van der Waals surface area contributed by atoms with E-state index in [0.717, 1.165) is 0 Å². The van der Waals surface area contributed by atoms with Gasteiger partial charge in [0.15, 0.2) is 17.7 Å². The van der Waals surface area contributed by atoms with E-state index in [4.69, 9.17) is 39.2 Å². The smallest absolute Gasteiger partial charge is 0.306 e. The minimum Gasteiger partial charge on any atom is -0.497 e. The zero-order chi connectivity index (χ0) is 97.1. The molecule has 0 radical (unpaired) electrons. The minimum atomic E-state index is -1.85. The highest BCUT2D eigenvalue weighted by Crippen LogP contribution is 2.26. The molecule has 3 rings (SSSR count). The van der Waals surface area contributed by atoms with Gasteiger partial charge in [0.2, 0.25) is 88.5 Å². The first-order chi connectivity index (χ1) is 60.8. The van der Waals surface area contributed by atoms with Crippen molar-refractivity contribution in [3.05, 3.63) is 71.9 Å². The lowest BCUT2D eigenvalue weighted by Crippen LogP contribution is -2.35. The quantitative estimate of drug-likeness (QED) is 0.0142. The fourth-order valence-corrected chi connectivity index (χ4v) is 12.9. The Morgan fingerprint density at radius 3 is 1.14 bits per heavy atom. The van der Waals surface area contributed by atoms with Crippen LogP contribution in [0.15, 0.2) is 136 Å². The van der Waals surface area contributed by atoms with Crippen LogP contribution in [-0.2, 0) is 17.6 Å². The summed E-state index contributed by atoms with van der Waals surface area (Å²) >= 11 is 0. The van der Waals surface area contributed by atoms with E-state index in [1.165, 1.54) is 13.8 Å². The molecule has 43 nitrogen and oxygen atoms in total. The van der Waals surface area contributed by atoms with Crippen LogP contribution in [0, 0.1) is 45.8 Å². The fourth-order valence-electron chi connectivity index (χ4n) is 12.9. The Kier molecular flexibility index (Phi) is 48.9. The highest BCUT2D eigenvalue weighted by Gasteiger charge is 2.35. The number of unbranched alkanes of at least 4 members (excludes halogenated alkanes) is 3. The van der Waals surface area contributed by atoms with Gasteiger partial charge in [-0.3, -0.25) is 21.0 Å². The number of aliphatic imine (C=N–C) groups is 15. The monoisotopic (exact) mass is 1810 g/mol. The van der Waals surface area contributed by atoms with Crippen molar-refractivity contribution in [2.75, 3.05) is 26.2 Å². The lowest BCUT2D eigenvalue weighted by atomic mass is 9.98. The number of H-pyrrole nitrogens is 1. The molecule has 1 heterocycles. The number of nitrogens with zero attached hydrogens (tertiary/aromatic N) is 15. The Labute approximate surface area is 751 Å². The van der Waals surface area contributed by atoms with Gasteiger partial charge in [-0.15, -0.1) is 0 Å². The van der Waals surface area contributed by atoms with E-state index in [0.29, 0.717) is 47.7 Å². The van der Waals surface area contributed by atoms with E-state index in [1.807, 2.05) is 0 Å². The number of nitrogens with one attached hydrogen (secondary N) is 4. The molecule has 0 spiro atoms. The molecule has 0 amide bonds. The largest absolute Gasteiger partial charge is 0.497 e. The van der Waals surface area contributed by atoms with Gasteiger partial charge in [0.1, 0.15) is 90.6 Å². The SMILES string of the molecule is CC[C@H](C)[C@H](N=C(O)[C@@H](N=C(O)CN)C(C)C)C(O)=N[C@@H](CC(=O)O)C(O)=N[C@@H](C)C(O)=N[C@@H](C)C(O)=N[C@@H](CCCCN)C(O)=N[C@@H](CCCCN)C(O)=N[C@@H](Cc1c[nH]c2ccccc12)C(O)=N[C@@H](CC(=N)O)C(O)=N[C@H](C(O)=N[C@@H](CC(C)C)C(O)=N[C@@H](CCCCN)C(O)=N[C@@H](CC(=N)O)C(O)=N[C@@H](CC(C)C)C(O)=N[C@@H](Cc1ccccc1)C(=N)O)C(C)C. The molecule has 0 aliphatic rings. The summed E-state index contributed by atoms with van der Waals surface area (Å²) in [6.45, 7) is 19.8. The van der Waals surface area contributed by atoms with Crippen molar-refractivity contribution in [1.82, 2.24) is 4.98 Å². The normalized spacial score (nSPS) is 18.1. The van der Waals surface area contributed by atoms with Crippen LogP contribution >= 0.6 is 0 Å². The maximum absolute atomic E-state index is 12.3. The first-order valence-electron chi connectivity index (χ1n) is 43.2. The van der Waals surface area contributed by atoms with Crippen LogP contribution in [0.4, 0.5) is 0 Å². The minimum absolute atomic E-state index is 0.0139. The third kappa shape index (κ3) is 39.5. The molecule has 0 saturated carbocycles. The zero-order valence-corrected chi connectivity index (χ0v) is 75.6. The molecule has 0 aliphatic heterocycles. The molecular formula is C86H139N23O20. The maximum Gasteiger partial charge on any atom is 0.306 e. The zero-order valence-electron chi connectivity index (χ0n) is 75.6. The Hall–Kier alpha value is -12.2. The van der Waals surface area contributed by atoms with Crippen molar-refractivity contribution < 1.29 is 102 Å². The van der Waals surface area contributed by atoms with Gasteiger partial charge in [-0.1, -0.05) is 124 Å². The Morgan fingerprint density at radius 1 is 0.357 bits per heavy atom. The molecule has 0 bridgehead atoms. The van der Waals surface area contributed by atoms with Gasteiger partial charge in [0, 0.05) is 29.9 Å². The van der Waals surface area contributed by atoms with Gasteiger partial charge in [-0.05, 0) is 151 Å². The number of aliphatic hydroxyl groups is 18. The third-order valence-electron chi connectivity index (χ3n) is 20.2. The van der Waals surface area contributed by atoms with Crippen molar-refractivity contribution in [3.63, 3.8) is 0 Å². The molecule has 718 valence electrons. The summed E-state index contributed by atoms with van der Waals surface area (Å²) in [5.74, 6) is -18.6. The number of benzene rings is 2. The lowest BCUT2D eigenvalue weighted by molar-refractivity contribution is -0.137. The number of aliphatic hydroxyl groups excluding tert-OH is 18. The van der Waals surface area contributed by atoms with Gasteiger partial charge in [-0.25, -0.2) is 74.9 Å². The number of rotatable bonds is 61. The van der Waals surface area contributed by atoms with E-state index in [9.17, 15) is 102 Å². The van der Waals surface area contributed by atoms with Crippen LogP contribution in [-0.4, -0.2) is 331 Å². The van der Waals surface area contributed by atoms with Gasteiger partial charge >= 0.3 is 5.97 Å². The molecule has 43 heteroatoms. The number of para-hydroxylation sites is 1. The van der Waals surface area contributed by atoms with Crippen molar-refractivity contribution in [1.29, 1.82) is 16.2 Å². The molecular weight excluding hydrogens is 1680 g/mol. The number of aromatic nitrogens is 1. The van der Waals surface area contributed by atoms with Crippen molar-refractivity contribution in [2.45, 2.75) is 283 Å². The van der Waals surface area contributed by atoms with Crippen LogP contribution in [0.2, 0.25) is 0 Å². The summed E-state index contributed by atoms with van der Waals surface area (Å²) in [5.41, 5.74) is 25.0. The molecule has 0 aliphatic carbocycles. The van der Waals surface area contributed by atoms with E-state index >= 15 is 0 Å². The number of hydrogen-bond donors (Lipinski definition) is 27. The second-order valence-electron chi connectivity index (χ2n) is 32.9. The first-order valence-corrected chi connectivity index (χ1v) is 43.2. The van der Waals surface area contributed by atoms with Crippen LogP contribution in [0.5, 0.6) is 0 Å². The summed E-state index contributed by atoms with van der Waals surface area (Å²) in [6.07, 6.45) is 0.947. The van der Waals surface area contributed by atoms with E-state index in [-0.39, 0.29) is 102 Å². The predicted octanol–water partition coefficient (Wildman–Crippen LogP) is 11.5. The highest BCUT2D eigenvalue weighted by molar-refractivity contribution is 5.98. The number of carbonyl (C=O) groups is 1. The number of carboxylic acid groups (broad SMARTS) is 1. The molecule has 1 aromatic heterocycles. The van der Waals surface area contributed by atoms with Crippen molar-refractivity contribution in [3.8, 4) is 0 Å². The summed E-state index contributed by atoms with van der Waals surface area (Å²) in [5, 5.41) is 240. The second kappa shape index (κ2) is 56.8. The van der Waals surface area contributed by atoms with Crippen LogP contribution < -0.4 is 22.9 Å². The summed E-state index contributed by atoms with van der Waals surface area (Å²) in [7, 11) is 0. The van der Waals surface area contributed by atoms with Crippen LogP contribution in [0.1, 0.15) is 191 Å². The number of aromatic amines is 1. The molecule has 2 aromatic carbocycles.